The number of phenols is 1. The van der Waals surface area contributed by atoms with Crippen molar-refractivity contribution in [3.8, 4) is 5.75 Å². The van der Waals surface area contributed by atoms with Crippen molar-refractivity contribution >= 4 is 35.2 Å². The Morgan fingerprint density at radius 2 is 1.85 bits per heavy atom. The minimum Gasteiger partial charge on any atom is -0.508 e. The summed E-state index contributed by atoms with van der Waals surface area (Å²) in [5, 5.41) is 12.2. The number of likely N-dealkylation sites (tertiary alicyclic amines) is 1. The Bertz CT molecular complexity index is 1120. The van der Waals surface area contributed by atoms with Gasteiger partial charge in [-0.05, 0) is 62.6 Å². The predicted octanol–water partition coefficient (Wildman–Crippen LogP) is 3.62. The van der Waals surface area contributed by atoms with Gasteiger partial charge in [-0.2, -0.15) is 0 Å². The summed E-state index contributed by atoms with van der Waals surface area (Å²) in [6.07, 6.45) is 1.44. The molecule has 0 aromatic heterocycles. The van der Waals surface area contributed by atoms with E-state index in [0.717, 1.165) is 12.0 Å². The minimum absolute atomic E-state index is 0.0849. The first-order valence-corrected chi connectivity index (χ1v) is 12.1. The Morgan fingerprint density at radius 1 is 1.12 bits per heavy atom. The summed E-state index contributed by atoms with van der Waals surface area (Å²) in [7, 11) is 0. The number of carbonyl (C=O) groups is 3. The lowest BCUT2D eigenvalue weighted by Crippen LogP contribution is -2.56. The van der Waals surface area contributed by atoms with Gasteiger partial charge in [0.2, 0.25) is 11.8 Å². The van der Waals surface area contributed by atoms with Gasteiger partial charge >= 0.3 is 0 Å². The molecule has 7 nitrogen and oxygen atoms in total. The lowest BCUT2D eigenvalue weighted by atomic mass is 9.94. The quantitative estimate of drug-likeness (QED) is 0.676. The molecule has 2 fully saturated rings. The number of aromatic hydroxyl groups is 1. The molecule has 3 aliphatic rings. The Kier molecular flexibility index (Phi) is 5.35. The number of fused-ring (bicyclic) bond motifs is 3. The van der Waals surface area contributed by atoms with Crippen LogP contribution in [0.2, 0.25) is 0 Å². The fourth-order valence-electron chi connectivity index (χ4n) is 5.13. The molecule has 2 saturated heterocycles. The van der Waals surface area contributed by atoms with Crippen molar-refractivity contribution in [3.63, 3.8) is 0 Å². The molecule has 0 saturated carbocycles. The summed E-state index contributed by atoms with van der Waals surface area (Å²) < 4.78 is -0.438. The molecule has 0 bridgehead atoms. The first kappa shape index (κ1) is 21.8. The molecule has 2 aromatic rings. The van der Waals surface area contributed by atoms with Gasteiger partial charge in [-0.15, -0.1) is 11.8 Å². The van der Waals surface area contributed by atoms with Crippen LogP contribution >= 0.6 is 11.8 Å². The maximum atomic E-state index is 13.8. The highest BCUT2D eigenvalue weighted by Gasteiger charge is 2.58. The predicted molar refractivity (Wildman–Crippen MR) is 127 cm³/mol. The number of benzene rings is 2. The molecule has 0 radical (unpaired) electrons. The zero-order valence-corrected chi connectivity index (χ0v) is 19.5. The van der Waals surface area contributed by atoms with Gasteiger partial charge in [-0.1, -0.05) is 18.2 Å². The number of thioether (sulfide) groups is 1. The molecule has 8 heteroatoms. The van der Waals surface area contributed by atoms with Crippen molar-refractivity contribution in [2.45, 2.75) is 42.9 Å². The van der Waals surface area contributed by atoms with Crippen molar-refractivity contribution in [2.75, 3.05) is 18.4 Å². The van der Waals surface area contributed by atoms with E-state index in [0.29, 0.717) is 30.8 Å². The molecule has 3 atom stereocenters. The summed E-state index contributed by atoms with van der Waals surface area (Å²) in [6, 6.07) is 13.3. The second-order valence-corrected chi connectivity index (χ2v) is 11.2. The molecule has 2 aromatic carbocycles. The SMILES string of the molecule is CC1(C)S[C@@H]2c3ccccc3C(=O)N2[C@@H]1C(=O)N1CCC[C@@H](C(=O)Nc2ccc(O)cc2)C1. The lowest BCUT2D eigenvalue weighted by Gasteiger charge is -2.38. The summed E-state index contributed by atoms with van der Waals surface area (Å²) in [5.41, 5.74) is 2.26. The van der Waals surface area contributed by atoms with Crippen LogP contribution in [0.1, 0.15) is 48.0 Å². The van der Waals surface area contributed by atoms with E-state index in [1.54, 1.807) is 33.7 Å². The molecule has 0 unspecified atom stereocenters. The van der Waals surface area contributed by atoms with Crippen LogP contribution in [-0.4, -0.2) is 56.5 Å². The van der Waals surface area contributed by atoms with E-state index >= 15 is 0 Å². The molecule has 3 aliphatic heterocycles. The highest BCUT2D eigenvalue weighted by atomic mass is 32.2. The Labute approximate surface area is 197 Å². The van der Waals surface area contributed by atoms with E-state index in [1.807, 2.05) is 38.1 Å². The maximum absolute atomic E-state index is 13.8. The Balaban J connectivity index is 1.33. The highest BCUT2D eigenvalue weighted by molar-refractivity contribution is 8.01. The van der Waals surface area contributed by atoms with Crippen molar-refractivity contribution in [2.24, 2.45) is 5.92 Å². The summed E-state index contributed by atoms with van der Waals surface area (Å²) in [5.74, 6) is -0.503. The topological polar surface area (TPSA) is 90.0 Å². The van der Waals surface area contributed by atoms with Crippen LogP contribution in [0.25, 0.3) is 0 Å². The fraction of sp³-hybridized carbons (Fsp3) is 0.400. The molecular formula is C25H27N3O4S. The van der Waals surface area contributed by atoms with Gasteiger partial charge in [0, 0.05) is 29.1 Å². The fourth-order valence-corrected chi connectivity index (χ4v) is 6.71. The Morgan fingerprint density at radius 3 is 2.61 bits per heavy atom. The minimum atomic E-state index is -0.577. The van der Waals surface area contributed by atoms with Crippen LogP contribution < -0.4 is 5.32 Å². The molecule has 0 aliphatic carbocycles. The maximum Gasteiger partial charge on any atom is 0.256 e. The van der Waals surface area contributed by atoms with Crippen LogP contribution in [0, 0.1) is 5.92 Å². The zero-order valence-electron chi connectivity index (χ0n) is 18.7. The van der Waals surface area contributed by atoms with Crippen LogP contribution in [0.3, 0.4) is 0 Å². The van der Waals surface area contributed by atoms with E-state index in [-0.39, 0.29) is 34.8 Å². The normalized spacial score (nSPS) is 25.5. The van der Waals surface area contributed by atoms with Crippen molar-refractivity contribution in [3.05, 3.63) is 59.7 Å². The van der Waals surface area contributed by atoms with Crippen molar-refractivity contribution in [1.29, 1.82) is 0 Å². The summed E-state index contributed by atoms with van der Waals surface area (Å²) in [6.45, 7) is 4.96. The number of carbonyl (C=O) groups excluding carboxylic acids is 3. The van der Waals surface area contributed by atoms with E-state index in [9.17, 15) is 19.5 Å². The molecular weight excluding hydrogens is 438 g/mol. The summed E-state index contributed by atoms with van der Waals surface area (Å²) in [4.78, 5) is 43.4. The van der Waals surface area contributed by atoms with E-state index in [2.05, 4.69) is 5.32 Å². The van der Waals surface area contributed by atoms with Gasteiger partial charge in [0.05, 0.1) is 5.92 Å². The molecule has 172 valence electrons. The number of rotatable bonds is 3. The second-order valence-electron chi connectivity index (χ2n) is 9.44. The molecule has 3 amide bonds. The smallest absolute Gasteiger partial charge is 0.256 e. The van der Waals surface area contributed by atoms with E-state index in [4.69, 9.17) is 0 Å². The molecule has 5 rings (SSSR count). The number of anilines is 1. The van der Waals surface area contributed by atoms with Crippen molar-refractivity contribution in [1.82, 2.24) is 9.80 Å². The zero-order chi connectivity index (χ0) is 23.3. The van der Waals surface area contributed by atoms with Crippen LogP contribution in [0.15, 0.2) is 48.5 Å². The third-order valence-electron chi connectivity index (χ3n) is 6.77. The largest absolute Gasteiger partial charge is 0.508 e. The third kappa shape index (κ3) is 3.76. The second kappa shape index (κ2) is 8.09. The number of nitrogens with one attached hydrogen (secondary N) is 1. The van der Waals surface area contributed by atoms with E-state index in [1.165, 1.54) is 12.1 Å². The first-order valence-electron chi connectivity index (χ1n) is 11.2. The van der Waals surface area contributed by atoms with Gasteiger partial charge in [0.25, 0.3) is 5.91 Å². The van der Waals surface area contributed by atoms with Crippen molar-refractivity contribution < 1.29 is 19.5 Å². The first-order chi connectivity index (χ1) is 15.8. The van der Waals surface area contributed by atoms with Gasteiger partial charge in [0.1, 0.15) is 17.2 Å². The van der Waals surface area contributed by atoms with Crippen LogP contribution in [0.4, 0.5) is 5.69 Å². The monoisotopic (exact) mass is 465 g/mol. The standard InChI is InChI=1S/C25H27N3O4S/c1-25(2)20(28-22(31)18-7-3-4-8-19(18)24(28)33-25)23(32)27-13-5-6-15(14-27)21(30)26-16-9-11-17(29)12-10-16/h3-4,7-12,15,20,24,29H,5-6,13-14H2,1-2H3,(H,26,30)/t15-,20-,24-/m1/s1. The lowest BCUT2D eigenvalue weighted by molar-refractivity contribution is -0.139. The number of phenolic OH excluding ortho intramolecular Hbond substituents is 1. The average Bonchev–Trinajstić information content (AvgIpc) is 3.24. The number of amides is 3. The molecule has 0 spiro atoms. The third-order valence-corrected chi connectivity index (χ3v) is 8.30. The summed E-state index contributed by atoms with van der Waals surface area (Å²) >= 11 is 1.65. The number of hydrogen-bond acceptors (Lipinski definition) is 5. The number of piperidine rings is 1. The van der Waals surface area contributed by atoms with Crippen LogP contribution in [-0.2, 0) is 9.59 Å². The van der Waals surface area contributed by atoms with Gasteiger partial charge in [-0.25, -0.2) is 0 Å². The van der Waals surface area contributed by atoms with Gasteiger partial charge in [0.15, 0.2) is 0 Å². The highest BCUT2D eigenvalue weighted by Crippen LogP contribution is 2.56. The average molecular weight is 466 g/mol. The van der Waals surface area contributed by atoms with Gasteiger partial charge in [-0.3, -0.25) is 14.4 Å². The van der Waals surface area contributed by atoms with Crippen LogP contribution in [0.5, 0.6) is 5.75 Å². The number of hydrogen-bond donors (Lipinski definition) is 2. The Hall–Kier alpha value is -3.00. The molecule has 3 heterocycles. The molecule has 33 heavy (non-hydrogen) atoms. The number of nitrogens with zero attached hydrogens (tertiary/aromatic N) is 2. The molecule has 2 N–H and O–H groups in total. The van der Waals surface area contributed by atoms with Gasteiger partial charge < -0.3 is 20.2 Å². The van der Waals surface area contributed by atoms with E-state index < -0.39 is 10.8 Å².